The van der Waals surface area contributed by atoms with Gasteiger partial charge >= 0.3 is 0 Å². The van der Waals surface area contributed by atoms with Crippen LogP contribution < -0.4 is 11.1 Å². The normalized spacial score (nSPS) is 19.9. The van der Waals surface area contributed by atoms with E-state index in [2.05, 4.69) is 5.32 Å². The van der Waals surface area contributed by atoms with E-state index in [1.807, 2.05) is 0 Å². The van der Waals surface area contributed by atoms with E-state index >= 15 is 0 Å². The van der Waals surface area contributed by atoms with Crippen LogP contribution in [0.3, 0.4) is 0 Å². The summed E-state index contributed by atoms with van der Waals surface area (Å²) in [6.45, 7) is 2.14. The molecule has 1 amide bonds. The quantitative estimate of drug-likeness (QED) is 0.801. The summed E-state index contributed by atoms with van der Waals surface area (Å²) >= 11 is 0. The lowest BCUT2D eigenvalue weighted by Crippen LogP contribution is -2.56. The van der Waals surface area contributed by atoms with Gasteiger partial charge < -0.3 is 16.0 Å². The summed E-state index contributed by atoms with van der Waals surface area (Å²) < 4.78 is 25.9. The van der Waals surface area contributed by atoms with Crippen molar-refractivity contribution in [1.29, 1.82) is 0 Å². The van der Waals surface area contributed by atoms with Gasteiger partial charge in [-0.15, -0.1) is 0 Å². The summed E-state index contributed by atoms with van der Waals surface area (Å²) in [5, 5.41) is 3.13. The molecule has 0 spiro atoms. The highest BCUT2D eigenvalue weighted by molar-refractivity contribution is 5.94. The molecule has 2 rings (SSSR count). The molecule has 1 saturated heterocycles. The highest BCUT2D eigenvalue weighted by Gasteiger charge is 2.26. The third kappa shape index (κ3) is 2.49. The maximum Gasteiger partial charge on any atom is 0.254 e. The molecule has 0 saturated carbocycles. The van der Waals surface area contributed by atoms with E-state index in [1.165, 1.54) is 6.07 Å². The number of halogens is 2. The Balaban J connectivity index is 2.21. The highest BCUT2D eigenvalue weighted by atomic mass is 19.2. The average molecular weight is 255 g/mol. The molecule has 4 nitrogen and oxygen atoms in total. The van der Waals surface area contributed by atoms with Crippen LogP contribution in [-0.4, -0.2) is 43.0 Å². The molecule has 1 unspecified atom stereocenters. The van der Waals surface area contributed by atoms with Crippen LogP contribution in [0, 0.1) is 11.6 Å². The van der Waals surface area contributed by atoms with Gasteiger partial charge in [0.05, 0.1) is 6.04 Å². The zero-order chi connectivity index (χ0) is 13.1. The maximum absolute atomic E-state index is 13.1. The third-order valence-corrected chi connectivity index (χ3v) is 3.05. The molecule has 1 heterocycles. The fourth-order valence-electron chi connectivity index (χ4n) is 2.03. The number of hydrogen-bond donors (Lipinski definition) is 2. The Morgan fingerprint density at radius 2 is 2.22 bits per heavy atom. The molecule has 98 valence electrons. The van der Waals surface area contributed by atoms with Gasteiger partial charge in [-0.3, -0.25) is 4.79 Å². The molecule has 0 aliphatic carbocycles. The zero-order valence-electron chi connectivity index (χ0n) is 9.83. The standard InChI is InChI=1S/C12H15F2N3O/c13-10-2-1-8(5-11(10)14)12(18)17-4-3-16-7-9(17)6-15/h1-2,5,9,16H,3-4,6-7,15H2. The molecule has 3 N–H and O–H groups in total. The molecule has 1 aromatic rings. The molecule has 0 aromatic heterocycles. The van der Waals surface area contributed by atoms with Gasteiger partial charge in [-0.25, -0.2) is 8.78 Å². The molecule has 1 fully saturated rings. The second-order valence-corrected chi connectivity index (χ2v) is 4.22. The van der Waals surface area contributed by atoms with Crippen molar-refractivity contribution in [1.82, 2.24) is 10.2 Å². The Hall–Kier alpha value is -1.53. The zero-order valence-corrected chi connectivity index (χ0v) is 9.83. The van der Waals surface area contributed by atoms with Crippen molar-refractivity contribution in [3.8, 4) is 0 Å². The van der Waals surface area contributed by atoms with Gasteiger partial charge in [0.1, 0.15) is 0 Å². The maximum atomic E-state index is 13.1. The van der Waals surface area contributed by atoms with E-state index in [0.29, 0.717) is 26.2 Å². The first kappa shape index (κ1) is 12.9. The summed E-state index contributed by atoms with van der Waals surface area (Å²) in [5.74, 6) is -2.28. The predicted octanol–water partition coefficient (Wildman–Crippen LogP) is 0.338. The minimum absolute atomic E-state index is 0.112. The van der Waals surface area contributed by atoms with Crippen LogP contribution >= 0.6 is 0 Å². The van der Waals surface area contributed by atoms with Crippen molar-refractivity contribution in [2.45, 2.75) is 6.04 Å². The number of carbonyl (C=O) groups is 1. The van der Waals surface area contributed by atoms with Crippen molar-refractivity contribution >= 4 is 5.91 Å². The Bertz CT molecular complexity index is 453. The smallest absolute Gasteiger partial charge is 0.254 e. The van der Waals surface area contributed by atoms with E-state index in [-0.39, 0.29) is 17.5 Å². The van der Waals surface area contributed by atoms with Gasteiger partial charge in [-0.1, -0.05) is 0 Å². The van der Waals surface area contributed by atoms with Crippen LogP contribution in [0.2, 0.25) is 0 Å². The van der Waals surface area contributed by atoms with E-state index in [9.17, 15) is 13.6 Å². The van der Waals surface area contributed by atoms with Crippen LogP contribution in [-0.2, 0) is 0 Å². The minimum atomic E-state index is -1.01. The lowest BCUT2D eigenvalue weighted by Gasteiger charge is -2.35. The van der Waals surface area contributed by atoms with Gasteiger partial charge in [-0.05, 0) is 18.2 Å². The number of amides is 1. The molecular weight excluding hydrogens is 240 g/mol. The summed E-state index contributed by atoms with van der Waals surface area (Å²) in [5.41, 5.74) is 5.74. The van der Waals surface area contributed by atoms with Crippen LogP contribution in [0.5, 0.6) is 0 Å². The average Bonchev–Trinajstić information content (AvgIpc) is 2.41. The third-order valence-electron chi connectivity index (χ3n) is 3.05. The van der Waals surface area contributed by atoms with Crippen molar-refractivity contribution in [2.24, 2.45) is 5.73 Å². The summed E-state index contributed by atoms with van der Waals surface area (Å²) in [6.07, 6.45) is 0. The Morgan fingerprint density at radius 3 is 2.89 bits per heavy atom. The van der Waals surface area contributed by atoms with Crippen LogP contribution in [0.15, 0.2) is 18.2 Å². The largest absolute Gasteiger partial charge is 0.332 e. The molecule has 6 heteroatoms. The minimum Gasteiger partial charge on any atom is -0.332 e. The van der Waals surface area contributed by atoms with E-state index in [4.69, 9.17) is 5.73 Å². The van der Waals surface area contributed by atoms with Gasteiger partial charge in [0.2, 0.25) is 0 Å². The first-order chi connectivity index (χ1) is 8.63. The number of nitrogens with one attached hydrogen (secondary N) is 1. The van der Waals surface area contributed by atoms with Crippen LogP contribution in [0.25, 0.3) is 0 Å². The van der Waals surface area contributed by atoms with Crippen molar-refractivity contribution in [3.05, 3.63) is 35.4 Å². The summed E-state index contributed by atoms with van der Waals surface area (Å²) in [4.78, 5) is 13.8. The van der Waals surface area contributed by atoms with Crippen molar-refractivity contribution < 1.29 is 13.6 Å². The highest BCUT2D eigenvalue weighted by Crippen LogP contribution is 2.13. The molecule has 0 radical (unpaired) electrons. The predicted molar refractivity (Wildman–Crippen MR) is 63.1 cm³/mol. The summed E-state index contributed by atoms with van der Waals surface area (Å²) in [7, 11) is 0. The number of benzene rings is 1. The molecule has 1 aliphatic rings. The van der Waals surface area contributed by atoms with Crippen LogP contribution in [0.4, 0.5) is 8.78 Å². The summed E-state index contributed by atoms with van der Waals surface area (Å²) in [6, 6.07) is 3.06. The Kier molecular flexibility index (Phi) is 3.88. The number of hydrogen-bond acceptors (Lipinski definition) is 3. The molecular formula is C12H15F2N3O. The molecule has 0 bridgehead atoms. The van der Waals surface area contributed by atoms with Gasteiger partial charge in [0, 0.05) is 31.7 Å². The second kappa shape index (κ2) is 5.41. The molecule has 1 aromatic carbocycles. The van der Waals surface area contributed by atoms with E-state index < -0.39 is 11.6 Å². The van der Waals surface area contributed by atoms with Crippen molar-refractivity contribution in [2.75, 3.05) is 26.2 Å². The van der Waals surface area contributed by atoms with Gasteiger partial charge in [-0.2, -0.15) is 0 Å². The Labute approximate surface area is 104 Å². The fourth-order valence-corrected chi connectivity index (χ4v) is 2.03. The Morgan fingerprint density at radius 1 is 1.44 bits per heavy atom. The molecule has 1 atom stereocenters. The molecule has 1 aliphatic heterocycles. The topological polar surface area (TPSA) is 58.4 Å². The molecule has 18 heavy (non-hydrogen) atoms. The fraction of sp³-hybridized carbons (Fsp3) is 0.417. The van der Waals surface area contributed by atoms with E-state index in [1.54, 1.807) is 4.90 Å². The number of nitrogens with two attached hydrogens (primary N) is 1. The number of nitrogens with zero attached hydrogens (tertiary/aromatic N) is 1. The lowest BCUT2D eigenvalue weighted by molar-refractivity contribution is 0.0644. The first-order valence-corrected chi connectivity index (χ1v) is 5.80. The first-order valence-electron chi connectivity index (χ1n) is 5.80. The number of piperazine rings is 1. The van der Waals surface area contributed by atoms with Crippen molar-refractivity contribution in [3.63, 3.8) is 0 Å². The number of rotatable bonds is 2. The van der Waals surface area contributed by atoms with Gasteiger partial charge in [0.15, 0.2) is 11.6 Å². The monoisotopic (exact) mass is 255 g/mol. The van der Waals surface area contributed by atoms with Gasteiger partial charge in [0.25, 0.3) is 5.91 Å². The number of carbonyl (C=O) groups excluding carboxylic acids is 1. The lowest BCUT2D eigenvalue weighted by atomic mass is 10.1. The second-order valence-electron chi connectivity index (χ2n) is 4.22. The van der Waals surface area contributed by atoms with E-state index in [0.717, 1.165) is 12.1 Å². The van der Waals surface area contributed by atoms with Crippen LogP contribution in [0.1, 0.15) is 10.4 Å². The SMILES string of the molecule is NCC1CNCCN1C(=O)c1ccc(F)c(F)c1.